The molecule has 0 spiro atoms. The van der Waals surface area contributed by atoms with Gasteiger partial charge in [0.2, 0.25) is 0 Å². The number of hydrogen-bond acceptors (Lipinski definition) is 2. The van der Waals surface area contributed by atoms with Crippen molar-refractivity contribution in [2.45, 2.75) is 12.5 Å². The molecule has 0 fully saturated rings. The average Bonchev–Trinajstić information content (AvgIpc) is 2.67. The third-order valence-electron chi connectivity index (χ3n) is 2.34. The fraction of sp³-hybridized carbons (Fsp3) is 0.167. The molecule has 1 N–H and O–H groups in total. The van der Waals surface area contributed by atoms with E-state index in [2.05, 4.69) is 15.9 Å². The first-order valence-electron chi connectivity index (χ1n) is 4.93. The second-order valence-corrected chi connectivity index (χ2v) is 6.98. The van der Waals surface area contributed by atoms with Gasteiger partial charge >= 0.3 is 0 Å². The molecule has 0 aliphatic carbocycles. The lowest BCUT2D eigenvalue weighted by molar-refractivity contribution is 0.179. The molecule has 2 aromatic rings. The van der Waals surface area contributed by atoms with Gasteiger partial charge in [-0.05, 0) is 46.3 Å². The summed E-state index contributed by atoms with van der Waals surface area (Å²) >= 11 is 16.9. The molecule has 1 unspecified atom stereocenters. The monoisotopic (exact) mass is 350 g/mol. The largest absolute Gasteiger partial charge is 0.388 e. The quantitative estimate of drug-likeness (QED) is 0.816. The standard InChI is InChI=1S/C12H9BrCl2OS/c13-12-4-2-8(17-12)6-11(16)9-5-7(14)1-3-10(9)15/h1-5,11,16H,6H2. The van der Waals surface area contributed by atoms with Crippen LogP contribution in [-0.4, -0.2) is 5.11 Å². The van der Waals surface area contributed by atoms with Crippen LogP contribution in [0.3, 0.4) is 0 Å². The number of benzene rings is 1. The van der Waals surface area contributed by atoms with Crippen molar-refractivity contribution in [1.29, 1.82) is 0 Å². The van der Waals surface area contributed by atoms with Crippen LogP contribution in [0.15, 0.2) is 34.1 Å². The Morgan fingerprint density at radius 3 is 2.65 bits per heavy atom. The van der Waals surface area contributed by atoms with Gasteiger partial charge < -0.3 is 5.11 Å². The van der Waals surface area contributed by atoms with Gasteiger partial charge in [-0.15, -0.1) is 11.3 Å². The van der Waals surface area contributed by atoms with E-state index in [1.807, 2.05) is 12.1 Å². The summed E-state index contributed by atoms with van der Waals surface area (Å²) in [5.41, 5.74) is 0.670. The molecule has 0 saturated carbocycles. The molecule has 1 atom stereocenters. The third-order valence-corrected chi connectivity index (χ3v) is 4.57. The lowest BCUT2D eigenvalue weighted by Gasteiger charge is -2.12. The van der Waals surface area contributed by atoms with Crippen molar-refractivity contribution in [1.82, 2.24) is 0 Å². The van der Waals surface area contributed by atoms with Crippen LogP contribution in [0.1, 0.15) is 16.5 Å². The van der Waals surface area contributed by atoms with Crippen molar-refractivity contribution >= 4 is 50.5 Å². The summed E-state index contributed by atoms with van der Waals surface area (Å²) in [5.74, 6) is 0. The molecule has 0 aliphatic rings. The van der Waals surface area contributed by atoms with Crippen LogP contribution in [0.25, 0.3) is 0 Å². The predicted molar refractivity (Wildman–Crippen MR) is 77.1 cm³/mol. The van der Waals surface area contributed by atoms with Gasteiger partial charge in [-0.1, -0.05) is 23.2 Å². The fourth-order valence-corrected chi connectivity index (χ4v) is 3.48. The van der Waals surface area contributed by atoms with Gasteiger partial charge in [0, 0.05) is 26.9 Å². The van der Waals surface area contributed by atoms with Gasteiger partial charge in [0.1, 0.15) is 0 Å². The Hall–Kier alpha value is -0.0600. The third kappa shape index (κ3) is 3.46. The van der Waals surface area contributed by atoms with Crippen LogP contribution in [0.4, 0.5) is 0 Å². The second-order valence-electron chi connectivity index (χ2n) is 3.59. The molecular formula is C12H9BrCl2OS. The van der Waals surface area contributed by atoms with E-state index < -0.39 is 6.10 Å². The lowest BCUT2D eigenvalue weighted by atomic mass is 10.1. The Kier molecular flexibility index (Phi) is 4.50. The molecule has 5 heteroatoms. The van der Waals surface area contributed by atoms with Crippen LogP contribution in [0, 0.1) is 0 Å². The maximum absolute atomic E-state index is 10.1. The van der Waals surface area contributed by atoms with E-state index in [1.165, 1.54) is 0 Å². The first kappa shape index (κ1) is 13.4. The number of halogens is 3. The van der Waals surface area contributed by atoms with Crippen LogP contribution >= 0.6 is 50.5 Å². The number of aliphatic hydroxyl groups is 1. The summed E-state index contributed by atoms with van der Waals surface area (Å²) in [7, 11) is 0. The van der Waals surface area contributed by atoms with E-state index >= 15 is 0 Å². The maximum Gasteiger partial charge on any atom is 0.0853 e. The van der Waals surface area contributed by atoms with Gasteiger partial charge in [-0.25, -0.2) is 0 Å². The molecule has 1 aromatic carbocycles. The predicted octanol–water partition coefficient (Wildman–Crippen LogP) is 5.09. The van der Waals surface area contributed by atoms with Crippen LogP contribution in [-0.2, 0) is 6.42 Å². The van der Waals surface area contributed by atoms with Crippen molar-refractivity contribution in [3.05, 3.63) is 54.6 Å². The highest BCUT2D eigenvalue weighted by Crippen LogP contribution is 2.31. The van der Waals surface area contributed by atoms with E-state index in [0.29, 0.717) is 22.0 Å². The Labute approximate surface area is 122 Å². The zero-order valence-corrected chi connectivity index (χ0v) is 12.6. The minimum Gasteiger partial charge on any atom is -0.388 e. The Morgan fingerprint density at radius 1 is 1.24 bits per heavy atom. The number of aliphatic hydroxyl groups excluding tert-OH is 1. The van der Waals surface area contributed by atoms with E-state index in [9.17, 15) is 5.11 Å². The van der Waals surface area contributed by atoms with Gasteiger partial charge in [0.15, 0.2) is 0 Å². The van der Waals surface area contributed by atoms with Crippen molar-refractivity contribution in [2.75, 3.05) is 0 Å². The molecule has 0 saturated heterocycles. The van der Waals surface area contributed by atoms with E-state index in [1.54, 1.807) is 29.5 Å². The summed E-state index contributed by atoms with van der Waals surface area (Å²) < 4.78 is 1.05. The van der Waals surface area contributed by atoms with Gasteiger partial charge in [0.25, 0.3) is 0 Å². The number of hydrogen-bond donors (Lipinski definition) is 1. The summed E-state index contributed by atoms with van der Waals surface area (Å²) in [6, 6.07) is 9.06. The van der Waals surface area contributed by atoms with Crippen molar-refractivity contribution in [3.63, 3.8) is 0 Å². The van der Waals surface area contributed by atoms with Crippen molar-refractivity contribution < 1.29 is 5.11 Å². The summed E-state index contributed by atoms with van der Waals surface area (Å²) in [6.07, 6.45) is -0.0946. The van der Waals surface area contributed by atoms with Crippen LogP contribution in [0.2, 0.25) is 10.0 Å². The topological polar surface area (TPSA) is 20.2 Å². The smallest absolute Gasteiger partial charge is 0.0853 e. The highest BCUT2D eigenvalue weighted by atomic mass is 79.9. The van der Waals surface area contributed by atoms with Crippen molar-refractivity contribution in [2.24, 2.45) is 0 Å². The molecule has 17 heavy (non-hydrogen) atoms. The molecule has 0 amide bonds. The summed E-state index contributed by atoms with van der Waals surface area (Å²) in [5, 5.41) is 11.3. The van der Waals surface area contributed by atoms with Crippen molar-refractivity contribution in [3.8, 4) is 0 Å². The summed E-state index contributed by atoms with van der Waals surface area (Å²) in [4.78, 5) is 1.10. The lowest BCUT2D eigenvalue weighted by Crippen LogP contribution is -2.01. The zero-order chi connectivity index (χ0) is 12.4. The first-order valence-corrected chi connectivity index (χ1v) is 7.30. The normalized spacial score (nSPS) is 12.7. The first-order chi connectivity index (χ1) is 8.06. The van der Waals surface area contributed by atoms with Gasteiger partial charge in [-0.2, -0.15) is 0 Å². The molecule has 1 heterocycles. The number of thiophene rings is 1. The minimum absolute atomic E-state index is 0.538. The minimum atomic E-state index is -0.633. The van der Waals surface area contributed by atoms with Gasteiger partial charge in [0.05, 0.1) is 9.89 Å². The molecule has 0 radical (unpaired) electrons. The van der Waals surface area contributed by atoms with Gasteiger partial charge in [-0.3, -0.25) is 0 Å². The second kappa shape index (κ2) is 5.72. The molecule has 0 bridgehead atoms. The molecule has 90 valence electrons. The molecule has 0 aliphatic heterocycles. The molecule has 1 nitrogen and oxygen atoms in total. The van der Waals surface area contributed by atoms with E-state index in [-0.39, 0.29) is 0 Å². The highest BCUT2D eigenvalue weighted by Gasteiger charge is 2.14. The summed E-state index contributed by atoms with van der Waals surface area (Å²) in [6.45, 7) is 0. The SMILES string of the molecule is OC(Cc1ccc(Br)s1)c1cc(Cl)ccc1Cl. The van der Waals surface area contributed by atoms with E-state index in [4.69, 9.17) is 23.2 Å². The Balaban J connectivity index is 2.19. The van der Waals surface area contributed by atoms with E-state index in [0.717, 1.165) is 8.66 Å². The molecule has 2 rings (SSSR count). The maximum atomic E-state index is 10.1. The molecule has 1 aromatic heterocycles. The fourth-order valence-electron chi connectivity index (χ4n) is 1.53. The average molecular weight is 352 g/mol. The zero-order valence-electron chi connectivity index (χ0n) is 8.66. The van der Waals surface area contributed by atoms with Crippen LogP contribution in [0.5, 0.6) is 0 Å². The van der Waals surface area contributed by atoms with Crippen LogP contribution < -0.4 is 0 Å². The Bertz CT molecular complexity index is 527. The molecular weight excluding hydrogens is 343 g/mol. The number of rotatable bonds is 3. The Morgan fingerprint density at radius 2 is 2.00 bits per heavy atom. The highest BCUT2D eigenvalue weighted by molar-refractivity contribution is 9.11.